The van der Waals surface area contributed by atoms with Gasteiger partial charge in [-0.05, 0) is 51.6 Å². The molecule has 0 spiro atoms. The van der Waals surface area contributed by atoms with Crippen molar-refractivity contribution in [1.29, 1.82) is 0 Å². The van der Waals surface area contributed by atoms with Gasteiger partial charge in [0.2, 0.25) is 5.43 Å². The number of nitrogens with zero attached hydrogens (tertiary/aromatic N) is 1. The van der Waals surface area contributed by atoms with Crippen molar-refractivity contribution < 1.29 is 0 Å². The molecule has 0 aliphatic rings. The summed E-state index contributed by atoms with van der Waals surface area (Å²) in [6.45, 7) is 3.10. The highest BCUT2D eigenvalue weighted by atomic mass is 127. The van der Waals surface area contributed by atoms with Gasteiger partial charge in [-0.3, -0.25) is 4.79 Å². The van der Waals surface area contributed by atoms with Gasteiger partial charge in [0, 0.05) is 18.9 Å². The summed E-state index contributed by atoms with van der Waals surface area (Å²) in [5, 5.41) is 0. The van der Waals surface area contributed by atoms with Gasteiger partial charge in [-0.2, -0.15) is 0 Å². The van der Waals surface area contributed by atoms with Gasteiger partial charge in [-0.1, -0.05) is 6.92 Å². The van der Waals surface area contributed by atoms with E-state index in [4.69, 9.17) is 0 Å². The summed E-state index contributed by atoms with van der Waals surface area (Å²) in [6.07, 6.45) is 4.89. The second-order valence-corrected chi connectivity index (χ2v) is 4.85. The van der Waals surface area contributed by atoms with Crippen LogP contribution < -0.4 is 5.43 Å². The van der Waals surface area contributed by atoms with Crippen molar-refractivity contribution in [1.82, 2.24) is 4.57 Å². The van der Waals surface area contributed by atoms with Gasteiger partial charge in [-0.25, -0.2) is 0 Å². The molecule has 0 unspecified atom stereocenters. The molecule has 1 rings (SSSR count). The molecule has 0 saturated heterocycles. The highest BCUT2D eigenvalue weighted by Crippen LogP contribution is 2.04. The fourth-order valence-corrected chi connectivity index (χ4v) is 2.76. The molecule has 0 aromatic carbocycles. The molecule has 0 bridgehead atoms. The number of pyridine rings is 1. The average molecular weight is 389 g/mol. The number of aromatic nitrogens is 1. The Balaban J connectivity index is 3.13. The molecule has 1 aromatic heterocycles. The van der Waals surface area contributed by atoms with E-state index in [2.05, 4.69) is 56.7 Å². The molecule has 0 radical (unpaired) electrons. The third-order valence-electron chi connectivity index (χ3n) is 1.47. The van der Waals surface area contributed by atoms with Crippen molar-refractivity contribution in [2.45, 2.75) is 19.9 Å². The molecule has 0 saturated carbocycles. The quantitative estimate of drug-likeness (QED) is 0.713. The van der Waals surface area contributed by atoms with Crippen LogP contribution in [0.2, 0.25) is 0 Å². The second-order valence-electron chi connectivity index (χ2n) is 2.52. The summed E-state index contributed by atoms with van der Waals surface area (Å²) in [7, 11) is 0. The Morgan fingerprint density at radius 3 is 2.25 bits per heavy atom. The second kappa shape index (κ2) is 4.59. The van der Waals surface area contributed by atoms with Crippen LogP contribution in [0.3, 0.4) is 0 Å². The van der Waals surface area contributed by atoms with E-state index in [-0.39, 0.29) is 5.43 Å². The first-order chi connectivity index (χ1) is 5.65. The van der Waals surface area contributed by atoms with Gasteiger partial charge in [0.15, 0.2) is 0 Å². The van der Waals surface area contributed by atoms with Crippen LogP contribution in [0.25, 0.3) is 0 Å². The minimum absolute atomic E-state index is 0.142. The Bertz CT molecular complexity index is 306. The maximum atomic E-state index is 11.3. The minimum Gasteiger partial charge on any atom is -0.352 e. The normalized spacial score (nSPS) is 10.2. The molecular formula is C8H9I2NO. The van der Waals surface area contributed by atoms with Crippen LogP contribution in [0, 0.1) is 7.14 Å². The van der Waals surface area contributed by atoms with Crippen LogP contribution in [0.5, 0.6) is 0 Å². The minimum atomic E-state index is 0.142. The molecule has 66 valence electrons. The highest BCUT2D eigenvalue weighted by molar-refractivity contribution is 14.1. The van der Waals surface area contributed by atoms with Gasteiger partial charge < -0.3 is 4.57 Å². The first kappa shape index (κ1) is 10.5. The van der Waals surface area contributed by atoms with Crippen molar-refractivity contribution in [3.63, 3.8) is 0 Å². The molecule has 1 heterocycles. The fourth-order valence-electron chi connectivity index (χ4n) is 0.947. The largest absolute Gasteiger partial charge is 0.352 e. The lowest BCUT2D eigenvalue weighted by molar-refractivity contribution is 0.668. The highest BCUT2D eigenvalue weighted by Gasteiger charge is 2.01. The number of hydrogen-bond donors (Lipinski definition) is 0. The van der Waals surface area contributed by atoms with Crippen LogP contribution >= 0.6 is 45.2 Å². The number of halogens is 2. The molecule has 4 heteroatoms. The third kappa shape index (κ3) is 2.45. The third-order valence-corrected chi connectivity index (χ3v) is 3.01. The molecule has 0 aliphatic carbocycles. The molecule has 12 heavy (non-hydrogen) atoms. The zero-order valence-electron chi connectivity index (χ0n) is 6.68. The summed E-state index contributed by atoms with van der Waals surface area (Å²) in [6, 6.07) is 0. The number of hydrogen-bond acceptors (Lipinski definition) is 1. The van der Waals surface area contributed by atoms with Crippen molar-refractivity contribution in [2.75, 3.05) is 0 Å². The van der Waals surface area contributed by atoms with E-state index in [0.717, 1.165) is 20.1 Å². The Hall–Kier alpha value is 0.410. The maximum absolute atomic E-state index is 11.3. The molecule has 1 aromatic rings. The standard InChI is InChI=1S/C8H9I2NO/c1-2-3-11-4-6(9)8(12)7(10)5-11/h4-5H,2-3H2,1H3. The maximum Gasteiger partial charge on any atom is 0.208 e. The van der Waals surface area contributed by atoms with Crippen molar-refractivity contribution in [2.24, 2.45) is 0 Å². The van der Waals surface area contributed by atoms with E-state index in [1.807, 2.05) is 12.4 Å². The van der Waals surface area contributed by atoms with Crippen LogP contribution in [0.1, 0.15) is 13.3 Å². The Morgan fingerprint density at radius 2 is 1.83 bits per heavy atom. The predicted octanol–water partition coefficient (Wildman–Crippen LogP) is 2.47. The lowest BCUT2D eigenvalue weighted by Crippen LogP contribution is -2.13. The number of aryl methyl sites for hydroxylation is 1. The van der Waals surface area contributed by atoms with Gasteiger partial charge in [0.25, 0.3) is 0 Å². The van der Waals surface area contributed by atoms with E-state index in [1.54, 1.807) is 0 Å². The van der Waals surface area contributed by atoms with Crippen molar-refractivity contribution in [3.8, 4) is 0 Å². The molecular weight excluding hydrogens is 380 g/mol. The predicted molar refractivity (Wildman–Crippen MR) is 66.4 cm³/mol. The Labute approximate surface area is 98.6 Å². The van der Waals surface area contributed by atoms with E-state index < -0.39 is 0 Å². The summed E-state index contributed by atoms with van der Waals surface area (Å²) in [4.78, 5) is 11.3. The van der Waals surface area contributed by atoms with E-state index in [9.17, 15) is 4.79 Å². The van der Waals surface area contributed by atoms with Gasteiger partial charge in [0.05, 0.1) is 7.14 Å². The van der Waals surface area contributed by atoms with Crippen molar-refractivity contribution in [3.05, 3.63) is 29.8 Å². The summed E-state index contributed by atoms with van der Waals surface area (Å²) >= 11 is 4.15. The lowest BCUT2D eigenvalue weighted by atomic mass is 10.4. The molecule has 0 N–H and O–H groups in total. The van der Waals surface area contributed by atoms with Crippen LogP contribution in [0.4, 0.5) is 0 Å². The Kier molecular flexibility index (Phi) is 4.01. The van der Waals surface area contributed by atoms with E-state index in [1.165, 1.54) is 0 Å². The van der Waals surface area contributed by atoms with Gasteiger partial charge >= 0.3 is 0 Å². The Morgan fingerprint density at radius 1 is 1.33 bits per heavy atom. The monoisotopic (exact) mass is 389 g/mol. The fraction of sp³-hybridized carbons (Fsp3) is 0.375. The topological polar surface area (TPSA) is 22.0 Å². The molecule has 2 nitrogen and oxygen atoms in total. The zero-order valence-corrected chi connectivity index (χ0v) is 11.0. The summed E-state index contributed by atoms with van der Waals surface area (Å²) in [5.74, 6) is 0. The van der Waals surface area contributed by atoms with E-state index >= 15 is 0 Å². The van der Waals surface area contributed by atoms with E-state index in [0.29, 0.717) is 0 Å². The summed E-state index contributed by atoms with van der Waals surface area (Å²) < 4.78 is 3.66. The smallest absolute Gasteiger partial charge is 0.208 e. The SMILES string of the molecule is CCCn1cc(I)c(=O)c(I)c1. The van der Waals surface area contributed by atoms with Gasteiger partial charge in [0.1, 0.15) is 0 Å². The zero-order chi connectivity index (χ0) is 9.14. The van der Waals surface area contributed by atoms with Crippen molar-refractivity contribution >= 4 is 45.2 Å². The van der Waals surface area contributed by atoms with Crippen LogP contribution in [-0.4, -0.2) is 4.57 Å². The first-order valence-corrected chi connectivity index (χ1v) is 5.86. The summed E-state index contributed by atoms with van der Waals surface area (Å²) in [5.41, 5.74) is 0.142. The molecule has 0 fully saturated rings. The average Bonchev–Trinajstić information content (AvgIpc) is 2.01. The molecule has 0 amide bonds. The molecule has 0 aliphatic heterocycles. The first-order valence-electron chi connectivity index (χ1n) is 3.70. The number of rotatable bonds is 2. The van der Waals surface area contributed by atoms with Crippen LogP contribution in [0.15, 0.2) is 17.2 Å². The van der Waals surface area contributed by atoms with Gasteiger partial charge in [-0.15, -0.1) is 0 Å². The molecule has 0 atom stereocenters. The van der Waals surface area contributed by atoms with Crippen LogP contribution in [-0.2, 0) is 6.54 Å². The lowest BCUT2D eigenvalue weighted by Gasteiger charge is -2.04.